The fourth-order valence-corrected chi connectivity index (χ4v) is 1.43. The SMILES string of the molecule is NC(=NO)[C@H](Cc1ccc(Cl)cc1)NC(=O)O. The lowest BCUT2D eigenvalue weighted by Gasteiger charge is -2.15. The van der Waals surface area contributed by atoms with Crippen molar-refractivity contribution in [2.45, 2.75) is 12.5 Å². The highest BCUT2D eigenvalue weighted by molar-refractivity contribution is 6.30. The maximum absolute atomic E-state index is 10.6. The van der Waals surface area contributed by atoms with Crippen LogP contribution in [0.1, 0.15) is 5.56 Å². The number of nitrogens with zero attached hydrogens (tertiary/aromatic N) is 1. The molecule has 1 rings (SSSR count). The van der Waals surface area contributed by atoms with E-state index in [-0.39, 0.29) is 12.3 Å². The third-order valence-corrected chi connectivity index (χ3v) is 2.38. The molecule has 1 aromatic carbocycles. The van der Waals surface area contributed by atoms with E-state index in [1.165, 1.54) is 0 Å². The van der Waals surface area contributed by atoms with E-state index < -0.39 is 12.1 Å². The van der Waals surface area contributed by atoms with Gasteiger partial charge >= 0.3 is 6.09 Å². The number of oxime groups is 1. The van der Waals surface area contributed by atoms with Gasteiger partial charge in [0.2, 0.25) is 0 Å². The summed E-state index contributed by atoms with van der Waals surface area (Å²) in [6.07, 6.45) is -0.963. The molecule has 1 aromatic rings. The zero-order chi connectivity index (χ0) is 12.8. The molecule has 6 nitrogen and oxygen atoms in total. The van der Waals surface area contributed by atoms with Crippen LogP contribution in [0.5, 0.6) is 0 Å². The lowest BCUT2D eigenvalue weighted by atomic mass is 10.1. The van der Waals surface area contributed by atoms with E-state index >= 15 is 0 Å². The van der Waals surface area contributed by atoms with Gasteiger partial charge in [-0.1, -0.05) is 28.9 Å². The number of carbonyl (C=O) groups is 1. The van der Waals surface area contributed by atoms with Crippen LogP contribution in [0.15, 0.2) is 29.4 Å². The Morgan fingerprint density at radius 2 is 2.06 bits per heavy atom. The minimum absolute atomic E-state index is 0.192. The van der Waals surface area contributed by atoms with Crippen molar-refractivity contribution < 1.29 is 15.1 Å². The highest BCUT2D eigenvalue weighted by Crippen LogP contribution is 2.11. The molecular weight excluding hydrogens is 246 g/mol. The van der Waals surface area contributed by atoms with Gasteiger partial charge in [0, 0.05) is 11.4 Å². The number of carboxylic acid groups (broad SMARTS) is 1. The van der Waals surface area contributed by atoms with E-state index in [4.69, 9.17) is 27.6 Å². The van der Waals surface area contributed by atoms with Crippen molar-refractivity contribution in [1.82, 2.24) is 5.32 Å². The van der Waals surface area contributed by atoms with Crippen molar-refractivity contribution in [2.24, 2.45) is 10.9 Å². The lowest BCUT2D eigenvalue weighted by molar-refractivity contribution is 0.192. The largest absolute Gasteiger partial charge is 0.465 e. The monoisotopic (exact) mass is 257 g/mol. The molecular formula is C10H12ClN3O3. The summed E-state index contributed by atoms with van der Waals surface area (Å²) in [5.41, 5.74) is 6.21. The van der Waals surface area contributed by atoms with Gasteiger partial charge in [-0.3, -0.25) is 0 Å². The van der Waals surface area contributed by atoms with Gasteiger partial charge in [-0.15, -0.1) is 0 Å². The third kappa shape index (κ3) is 4.20. The van der Waals surface area contributed by atoms with Crippen LogP contribution in [0.3, 0.4) is 0 Å². The predicted molar refractivity (Wildman–Crippen MR) is 63.5 cm³/mol. The maximum atomic E-state index is 10.6. The van der Waals surface area contributed by atoms with Crippen molar-refractivity contribution >= 4 is 23.5 Å². The van der Waals surface area contributed by atoms with E-state index in [9.17, 15) is 4.79 Å². The van der Waals surface area contributed by atoms with Crippen molar-refractivity contribution in [3.05, 3.63) is 34.9 Å². The Morgan fingerprint density at radius 3 is 2.53 bits per heavy atom. The highest BCUT2D eigenvalue weighted by Gasteiger charge is 2.16. The summed E-state index contributed by atoms with van der Waals surface area (Å²) in [6.45, 7) is 0. The first-order valence-electron chi connectivity index (χ1n) is 4.74. The van der Waals surface area contributed by atoms with Crippen LogP contribution in [0.2, 0.25) is 5.02 Å². The molecule has 5 N–H and O–H groups in total. The third-order valence-electron chi connectivity index (χ3n) is 2.12. The van der Waals surface area contributed by atoms with Gasteiger partial charge in [-0.25, -0.2) is 4.79 Å². The molecule has 0 saturated heterocycles. The van der Waals surface area contributed by atoms with Gasteiger partial charge in [0.15, 0.2) is 5.84 Å². The van der Waals surface area contributed by atoms with E-state index in [0.717, 1.165) is 5.56 Å². The Labute approximate surface area is 103 Å². The van der Waals surface area contributed by atoms with Gasteiger partial charge in [0.05, 0.1) is 6.04 Å². The van der Waals surface area contributed by atoms with Gasteiger partial charge in [-0.05, 0) is 17.7 Å². The summed E-state index contributed by atoms with van der Waals surface area (Å²) in [4.78, 5) is 10.6. The second kappa shape index (κ2) is 5.95. The fraction of sp³-hybridized carbons (Fsp3) is 0.200. The first kappa shape index (κ1) is 13.1. The first-order valence-corrected chi connectivity index (χ1v) is 5.12. The Kier molecular flexibility index (Phi) is 4.59. The summed E-state index contributed by atoms with van der Waals surface area (Å²) < 4.78 is 0. The lowest BCUT2D eigenvalue weighted by Crippen LogP contribution is -2.45. The Hall–Kier alpha value is -1.95. The molecule has 0 heterocycles. The summed E-state index contributed by atoms with van der Waals surface area (Å²) in [6, 6.07) is 6.06. The quantitative estimate of drug-likeness (QED) is 0.282. The summed E-state index contributed by atoms with van der Waals surface area (Å²) in [5, 5.41) is 22.7. The average molecular weight is 258 g/mol. The molecule has 92 valence electrons. The van der Waals surface area contributed by atoms with Gasteiger partial charge < -0.3 is 21.4 Å². The molecule has 0 saturated carbocycles. The topological polar surface area (TPSA) is 108 Å². The zero-order valence-corrected chi connectivity index (χ0v) is 9.55. The molecule has 1 atom stereocenters. The Balaban J connectivity index is 2.78. The number of rotatable bonds is 4. The average Bonchev–Trinajstić information content (AvgIpc) is 2.29. The molecule has 0 bridgehead atoms. The predicted octanol–water partition coefficient (Wildman–Crippen LogP) is 1.27. The Morgan fingerprint density at radius 1 is 1.47 bits per heavy atom. The number of amidine groups is 1. The molecule has 1 amide bonds. The number of nitrogens with two attached hydrogens (primary N) is 1. The van der Waals surface area contributed by atoms with Crippen LogP contribution in [0.25, 0.3) is 0 Å². The molecule has 17 heavy (non-hydrogen) atoms. The van der Waals surface area contributed by atoms with E-state index in [1.54, 1.807) is 24.3 Å². The molecule has 0 unspecified atom stereocenters. The Bertz CT molecular complexity index is 419. The number of hydrogen-bond acceptors (Lipinski definition) is 3. The minimum Gasteiger partial charge on any atom is -0.465 e. The highest BCUT2D eigenvalue weighted by atomic mass is 35.5. The van der Waals surface area contributed by atoms with Gasteiger partial charge in [0.1, 0.15) is 0 Å². The standard InChI is InChI=1S/C10H12ClN3O3/c11-7-3-1-6(2-4-7)5-8(9(12)14-17)13-10(15)16/h1-4,8,13,17H,5H2,(H2,12,14)(H,15,16)/t8-/m0/s1. The molecule has 7 heteroatoms. The van der Waals surface area contributed by atoms with Crippen LogP contribution in [0.4, 0.5) is 4.79 Å². The zero-order valence-electron chi connectivity index (χ0n) is 8.80. The van der Waals surface area contributed by atoms with Crippen molar-refractivity contribution in [2.75, 3.05) is 0 Å². The van der Waals surface area contributed by atoms with Crippen molar-refractivity contribution in [3.8, 4) is 0 Å². The smallest absolute Gasteiger partial charge is 0.405 e. The number of benzene rings is 1. The second-order valence-electron chi connectivity index (χ2n) is 3.36. The van der Waals surface area contributed by atoms with Crippen LogP contribution in [-0.2, 0) is 6.42 Å². The fourth-order valence-electron chi connectivity index (χ4n) is 1.30. The molecule has 0 aliphatic rings. The first-order chi connectivity index (χ1) is 8.02. The summed E-state index contributed by atoms with van der Waals surface area (Å²) >= 11 is 5.72. The molecule has 0 aliphatic heterocycles. The van der Waals surface area contributed by atoms with E-state index in [0.29, 0.717) is 5.02 Å². The van der Waals surface area contributed by atoms with Crippen LogP contribution in [-0.4, -0.2) is 28.3 Å². The molecule has 0 fully saturated rings. The second-order valence-corrected chi connectivity index (χ2v) is 3.79. The summed E-state index contributed by atoms with van der Waals surface area (Å²) in [7, 11) is 0. The summed E-state index contributed by atoms with van der Waals surface area (Å²) in [5.74, 6) is -0.192. The number of hydrogen-bond donors (Lipinski definition) is 4. The minimum atomic E-state index is -1.24. The molecule has 0 aliphatic carbocycles. The number of nitrogens with one attached hydrogen (secondary N) is 1. The molecule has 0 aromatic heterocycles. The van der Waals surface area contributed by atoms with E-state index in [1.807, 2.05) is 0 Å². The maximum Gasteiger partial charge on any atom is 0.405 e. The van der Waals surface area contributed by atoms with Crippen molar-refractivity contribution in [1.29, 1.82) is 0 Å². The molecule has 0 spiro atoms. The van der Waals surface area contributed by atoms with Gasteiger partial charge in [0.25, 0.3) is 0 Å². The van der Waals surface area contributed by atoms with Crippen molar-refractivity contribution in [3.63, 3.8) is 0 Å². The number of amides is 1. The normalized spacial score (nSPS) is 13.1. The van der Waals surface area contributed by atoms with Crippen LogP contribution in [0, 0.1) is 0 Å². The van der Waals surface area contributed by atoms with E-state index in [2.05, 4.69) is 10.5 Å². The van der Waals surface area contributed by atoms with Gasteiger partial charge in [-0.2, -0.15) is 0 Å². The molecule has 0 radical (unpaired) electrons. The number of halogens is 1. The van der Waals surface area contributed by atoms with Crippen LogP contribution < -0.4 is 11.1 Å². The van der Waals surface area contributed by atoms with Crippen LogP contribution >= 0.6 is 11.6 Å².